The maximum atomic E-state index is 5.93. The smallest absolute Gasteiger partial charge is 0.235 e. The van der Waals surface area contributed by atoms with Gasteiger partial charge in [0.05, 0.1) is 7.11 Å². The first kappa shape index (κ1) is 15.9. The molecule has 2 aromatic carbocycles. The van der Waals surface area contributed by atoms with Crippen molar-refractivity contribution >= 4 is 27.9 Å². The lowest BCUT2D eigenvalue weighted by atomic mass is 10.2. The zero-order valence-corrected chi connectivity index (χ0v) is 14.8. The van der Waals surface area contributed by atoms with Crippen molar-refractivity contribution in [3.05, 3.63) is 58.6 Å². The van der Waals surface area contributed by atoms with E-state index < -0.39 is 0 Å². The molecule has 0 aliphatic carbocycles. The Kier molecular flexibility index (Phi) is 4.25. The molecular weight excluding hydrogens is 360 g/mol. The van der Waals surface area contributed by atoms with Gasteiger partial charge in [-0.1, -0.05) is 22.9 Å². The first-order chi connectivity index (χ1) is 12.2. The van der Waals surface area contributed by atoms with Gasteiger partial charge in [0.1, 0.15) is 18.1 Å². The van der Waals surface area contributed by atoms with Gasteiger partial charge in [-0.25, -0.2) is 0 Å². The molecule has 8 heteroatoms. The van der Waals surface area contributed by atoms with E-state index in [1.54, 1.807) is 11.6 Å². The minimum atomic E-state index is 0.362. The predicted molar refractivity (Wildman–Crippen MR) is 96.4 cm³/mol. The SMILES string of the molecule is COc1ccc(OCc2nn3c(-c4ccc(Cl)cc4)nnc3s2)cc1. The molecule has 6 nitrogen and oxygen atoms in total. The van der Waals surface area contributed by atoms with E-state index in [9.17, 15) is 0 Å². The van der Waals surface area contributed by atoms with Gasteiger partial charge in [-0.2, -0.15) is 9.61 Å². The first-order valence-electron chi connectivity index (χ1n) is 7.47. The van der Waals surface area contributed by atoms with E-state index in [1.165, 1.54) is 11.3 Å². The van der Waals surface area contributed by atoms with Crippen LogP contribution in [0.5, 0.6) is 11.5 Å². The molecule has 0 unspecified atom stereocenters. The molecule has 4 rings (SSSR count). The molecule has 0 N–H and O–H groups in total. The number of hydrogen-bond acceptors (Lipinski definition) is 6. The summed E-state index contributed by atoms with van der Waals surface area (Å²) in [7, 11) is 1.63. The second-order valence-corrected chi connectivity index (χ2v) is 6.66. The van der Waals surface area contributed by atoms with Gasteiger partial charge in [0.25, 0.3) is 0 Å². The third-order valence-electron chi connectivity index (χ3n) is 3.56. The zero-order valence-electron chi connectivity index (χ0n) is 13.2. The Morgan fingerprint density at radius 2 is 1.72 bits per heavy atom. The van der Waals surface area contributed by atoms with Crippen LogP contribution in [0.2, 0.25) is 5.02 Å². The number of methoxy groups -OCH3 is 1. The van der Waals surface area contributed by atoms with Crippen LogP contribution in [0.25, 0.3) is 16.3 Å². The molecule has 0 atom stereocenters. The summed E-state index contributed by atoms with van der Waals surface area (Å²) < 4.78 is 12.6. The summed E-state index contributed by atoms with van der Waals surface area (Å²) in [4.78, 5) is 0.721. The Labute approximate surface area is 152 Å². The van der Waals surface area contributed by atoms with Gasteiger partial charge < -0.3 is 9.47 Å². The van der Waals surface area contributed by atoms with Crippen LogP contribution in [0.3, 0.4) is 0 Å². The summed E-state index contributed by atoms with van der Waals surface area (Å²) in [5, 5.41) is 14.4. The standard InChI is InChI=1S/C17H13ClN4O2S/c1-23-13-6-8-14(9-7-13)24-10-15-21-22-16(19-20-17(22)25-15)11-2-4-12(18)5-3-11/h2-9H,10H2,1H3. The number of rotatable bonds is 5. The Balaban J connectivity index is 1.54. The fourth-order valence-corrected chi connectivity index (χ4v) is 3.18. The molecule has 0 fully saturated rings. The zero-order chi connectivity index (χ0) is 17.2. The summed E-state index contributed by atoms with van der Waals surface area (Å²) in [6.45, 7) is 0.362. The first-order valence-corrected chi connectivity index (χ1v) is 8.66. The number of benzene rings is 2. The molecule has 0 aliphatic rings. The fraction of sp³-hybridized carbons (Fsp3) is 0.118. The Hall–Kier alpha value is -2.64. The largest absolute Gasteiger partial charge is 0.497 e. The maximum absolute atomic E-state index is 5.93. The number of halogens is 1. The molecule has 0 amide bonds. The molecule has 0 aliphatic heterocycles. The summed E-state index contributed by atoms with van der Waals surface area (Å²) in [6.07, 6.45) is 0. The molecule has 2 aromatic heterocycles. The number of hydrogen-bond donors (Lipinski definition) is 0. The van der Waals surface area contributed by atoms with E-state index in [0.717, 1.165) is 27.0 Å². The van der Waals surface area contributed by atoms with Gasteiger partial charge in [0, 0.05) is 10.6 Å². The highest BCUT2D eigenvalue weighted by Gasteiger charge is 2.13. The summed E-state index contributed by atoms with van der Waals surface area (Å²) in [5.41, 5.74) is 0.907. The van der Waals surface area contributed by atoms with E-state index in [-0.39, 0.29) is 0 Å². The van der Waals surface area contributed by atoms with Crippen molar-refractivity contribution in [2.24, 2.45) is 0 Å². The predicted octanol–water partition coefficient (Wildman–Crippen LogP) is 4.09. The average Bonchev–Trinajstić information content (AvgIpc) is 3.21. The minimum Gasteiger partial charge on any atom is -0.497 e. The van der Waals surface area contributed by atoms with Crippen molar-refractivity contribution in [3.8, 4) is 22.9 Å². The molecule has 2 heterocycles. The van der Waals surface area contributed by atoms with E-state index in [2.05, 4.69) is 15.3 Å². The van der Waals surface area contributed by atoms with Gasteiger partial charge in [-0.15, -0.1) is 10.2 Å². The monoisotopic (exact) mass is 372 g/mol. The molecule has 0 spiro atoms. The molecule has 25 heavy (non-hydrogen) atoms. The van der Waals surface area contributed by atoms with E-state index in [1.807, 2.05) is 48.5 Å². The van der Waals surface area contributed by atoms with Crippen LogP contribution >= 0.6 is 22.9 Å². The van der Waals surface area contributed by atoms with Crippen molar-refractivity contribution in [1.82, 2.24) is 19.8 Å². The molecule has 0 saturated carbocycles. The van der Waals surface area contributed by atoms with E-state index >= 15 is 0 Å². The van der Waals surface area contributed by atoms with Crippen molar-refractivity contribution in [2.75, 3.05) is 7.11 Å². The summed E-state index contributed by atoms with van der Waals surface area (Å²) >= 11 is 7.38. The quantitative estimate of drug-likeness (QED) is 0.528. The molecule has 126 valence electrons. The number of nitrogens with zero attached hydrogens (tertiary/aromatic N) is 4. The highest BCUT2D eigenvalue weighted by molar-refractivity contribution is 7.16. The highest BCUT2D eigenvalue weighted by Crippen LogP contribution is 2.24. The van der Waals surface area contributed by atoms with Crippen LogP contribution in [0.1, 0.15) is 5.01 Å². The molecular formula is C17H13ClN4O2S. The lowest BCUT2D eigenvalue weighted by Gasteiger charge is -2.04. The maximum Gasteiger partial charge on any atom is 0.235 e. The van der Waals surface area contributed by atoms with Gasteiger partial charge in [-0.05, 0) is 48.5 Å². The average molecular weight is 373 g/mol. The summed E-state index contributed by atoms with van der Waals surface area (Å²) in [5.74, 6) is 2.22. The van der Waals surface area contributed by atoms with Crippen LogP contribution < -0.4 is 9.47 Å². The lowest BCUT2D eigenvalue weighted by molar-refractivity contribution is 0.303. The van der Waals surface area contributed by atoms with Crippen molar-refractivity contribution in [1.29, 1.82) is 0 Å². The highest BCUT2D eigenvalue weighted by atomic mass is 35.5. The lowest BCUT2D eigenvalue weighted by Crippen LogP contribution is -1.97. The van der Waals surface area contributed by atoms with Crippen LogP contribution in [-0.4, -0.2) is 26.9 Å². The molecule has 0 bridgehead atoms. The van der Waals surface area contributed by atoms with Crippen LogP contribution in [0.15, 0.2) is 48.5 Å². The normalized spacial score (nSPS) is 11.0. The fourth-order valence-electron chi connectivity index (χ4n) is 2.31. The molecule has 0 saturated heterocycles. The van der Waals surface area contributed by atoms with E-state index in [0.29, 0.717) is 17.5 Å². The van der Waals surface area contributed by atoms with Crippen LogP contribution in [-0.2, 0) is 6.61 Å². The molecule has 4 aromatic rings. The van der Waals surface area contributed by atoms with Crippen LogP contribution in [0, 0.1) is 0 Å². The Morgan fingerprint density at radius 1 is 1.00 bits per heavy atom. The van der Waals surface area contributed by atoms with Gasteiger partial charge in [0.15, 0.2) is 10.8 Å². The van der Waals surface area contributed by atoms with Crippen molar-refractivity contribution in [3.63, 3.8) is 0 Å². The third kappa shape index (κ3) is 3.29. The second kappa shape index (κ2) is 6.70. The number of ether oxygens (including phenoxy) is 2. The number of fused-ring (bicyclic) bond motifs is 1. The van der Waals surface area contributed by atoms with Crippen molar-refractivity contribution < 1.29 is 9.47 Å². The van der Waals surface area contributed by atoms with E-state index in [4.69, 9.17) is 21.1 Å². The van der Waals surface area contributed by atoms with Crippen LogP contribution in [0.4, 0.5) is 0 Å². The summed E-state index contributed by atoms with van der Waals surface area (Å²) in [6, 6.07) is 14.9. The minimum absolute atomic E-state index is 0.362. The Morgan fingerprint density at radius 3 is 2.44 bits per heavy atom. The number of aromatic nitrogens is 4. The third-order valence-corrected chi connectivity index (χ3v) is 4.68. The Bertz CT molecular complexity index is 996. The van der Waals surface area contributed by atoms with Gasteiger partial charge in [-0.3, -0.25) is 0 Å². The van der Waals surface area contributed by atoms with Gasteiger partial charge >= 0.3 is 0 Å². The second-order valence-electron chi connectivity index (χ2n) is 5.18. The van der Waals surface area contributed by atoms with Crippen molar-refractivity contribution in [2.45, 2.75) is 6.61 Å². The molecule has 0 radical (unpaired) electrons. The topological polar surface area (TPSA) is 61.5 Å². The van der Waals surface area contributed by atoms with Gasteiger partial charge in [0.2, 0.25) is 4.96 Å².